The minimum absolute atomic E-state index is 0.923. The molecular weight excluding hydrogens is 152 g/mol. The number of rotatable bonds is 2. The van der Waals surface area contributed by atoms with Crippen molar-refractivity contribution >= 4 is 11.8 Å². The lowest BCUT2D eigenvalue weighted by atomic mass is 10.5. The second-order valence-corrected chi connectivity index (χ2v) is 2.89. The van der Waals surface area contributed by atoms with E-state index < -0.39 is 0 Å². The summed E-state index contributed by atoms with van der Waals surface area (Å²) in [6.45, 7) is 4.13. The van der Waals surface area contributed by atoms with Crippen molar-refractivity contribution in [1.29, 1.82) is 0 Å². The smallest absolute Gasteiger partial charge is 0.0557 e. The van der Waals surface area contributed by atoms with E-state index in [1.165, 1.54) is 0 Å². The van der Waals surface area contributed by atoms with Crippen LogP contribution in [0.1, 0.15) is 26.7 Å². The van der Waals surface area contributed by atoms with Gasteiger partial charge in [-0.25, -0.2) is 0 Å². The number of thioether (sulfide) groups is 1. The zero-order chi connectivity index (χ0) is 8.36. The highest BCUT2D eigenvalue weighted by Gasteiger charge is 1.77. The summed E-state index contributed by atoms with van der Waals surface area (Å²) < 4.78 is 0. The summed E-state index contributed by atoms with van der Waals surface area (Å²) in [7, 11) is 0. The summed E-state index contributed by atoms with van der Waals surface area (Å²) in [4.78, 5) is 0. The summed E-state index contributed by atoms with van der Waals surface area (Å²) in [6.07, 6.45) is 1.92. The Bertz CT molecular complexity index is 162. The molecule has 0 aliphatic carbocycles. The lowest BCUT2D eigenvalue weighted by Crippen LogP contribution is -1.74. The van der Waals surface area contributed by atoms with Crippen LogP contribution in [0.2, 0.25) is 0 Å². The lowest BCUT2D eigenvalue weighted by Gasteiger charge is -1.84. The zero-order valence-corrected chi connectivity index (χ0v) is 8.05. The molecule has 0 bridgehead atoms. The van der Waals surface area contributed by atoms with E-state index in [0.717, 1.165) is 24.3 Å². The Balaban J connectivity index is 3.14. The van der Waals surface area contributed by atoms with Gasteiger partial charge in [0.2, 0.25) is 0 Å². The predicted octanol–water partition coefficient (Wildman–Crippen LogP) is 2.55. The molecule has 0 spiro atoms. The molecule has 0 aliphatic heterocycles. The number of hydrogen-bond acceptors (Lipinski definition) is 1. The van der Waals surface area contributed by atoms with Gasteiger partial charge in [0.1, 0.15) is 0 Å². The molecule has 0 N–H and O–H groups in total. The van der Waals surface area contributed by atoms with Gasteiger partial charge >= 0.3 is 0 Å². The molecule has 0 aliphatic rings. The van der Waals surface area contributed by atoms with E-state index in [-0.39, 0.29) is 0 Å². The summed E-state index contributed by atoms with van der Waals surface area (Å²) in [6, 6.07) is 0. The Labute approximate surface area is 74.1 Å². The fraction of sp³-hybridized carbons (Fsp3) is 0.600. The summed E-state index contributed by atoms with van der Waals surface area (Å²) in [5.41, 5.74) is 0. The van der Waals surface area contributed by atoms with Crippen LogP contribution in [0, 0.1) is 23.7 Å². The van der Waals surface area contributed by atoms with Gasteiger partial charge in [0.25, 0.3) is 0 Å². The highest BCUT2D eigenvalue weighted by atomic mass is 32.2. The maximum absolute atomic E-state index is 3.06. The molecule has 0 atom stereocenters. The van der Waals surface area contributed by atoms with Gasteiger partial charge in [-0.15, -0.1) is 23.6 Å². The fourth-order valence-electron chi connectivity index (χ4n) is 0.505. The molecule has 0 aromatic heterocycles. The van der Waals surface area contributed by atoms with Crippen LogP contribution in [-0.4, -0.2) is 11.5 Å². The van der Waals surface area contributed by atoms with Gasteiger partial charge in [0, 0.05) is 12.8 Å². The third-order valence-electron chi connectivity index (χ3n) is 0.952. The van der Waals surface area contributed by atoms with E-state index in [1.807, 2.05) is 0 Å². The first-order valence-corrected chi connectivity index (χ1v) is 5.06. The van der Waals surface area contributed by atoms with Gasteiger partial charge in [-0.1, -0.05) is 25.7 Å². The Morgan fingerprint density at radius 3 is 1.64 bits per heavy atom. The van der Waals surface area contributed by atoms with Crippen molar-refractivity contribution in [2.24, 2.45) is 0 Å². The molecule has 1 heteroatoms. The third-order valence-corrected chi connectivity index (χ3v) is 1.65. The van der Waals surface area contributed by atoms with Crippen LogP contribution in [0.15, 0.2) is 0 Å². The Kier molecular flexibility index (Phi) is 9.01. The van der Waals surface area contributed by atoms with Gasteiger partial charge in [-0.2, -0.15) is 0 Å². The first-order chi connectivity index (χ1) is 5.41. The molecule has 0 heterocycles. The topological polar surface area (TPSA) is 0 Å². The first-order valence-electron chi connectivity index (χ1n) is 3.91. The molecule has 0 fully saturated rings. The average molecular weight is 166 g/mol. The largest absolute Gasteiger partial charge is 0.136 e. The van der Waals surface area contributed by atoms with E-state index in [0.29, 0.717) is 0 Å². The first kappa shape index (κ1) is 10.5. The van der Waals surface area contributed by atoms with Crippen molar-refractivity contribution in [2.75, 3.05) is 11.5 Å². The molecule has 0 radical (unpaired) electrons. The maximum Gasteiger partial charge on any atom is 0.0557 e. The van der Waals surface area contributed by atoms with Gasteiger partial charge in [0.05, 0.1) is 11.5 Å². The van der Waals surface area contributed by atoms with E-state index in [1.54, 1.807) is 11.8 Å². The molecular formula is C10H14S. The zero-order valence-electron chi connectivity index (χ0n) is 7.24. The van der Waals surface area contributed by atoms with Gasteiger partial charge in [-0.05, 0) is 0 Å². The second kappa shape index (κ2) is 9.47. The monoisotopic (exact) mass is 166 g/mol. The third kappa shape index (κ3) is 9.47. The highest BCUT2D eigenvalue weighted by molar-refractivity contribution is 7.99. The van der Waals surface area contributed by atoms with Gasteiger partial charge in [0.15, 0.2) is 0 Å². The Morgan fingerprint density at radius 1 is 0.818 bits per heavy atom. The molecule has 0 aromatic rings. The second-order valence-electron chi connectivity index (χ2n) is 1.91. The van der Waals surface area contributed by atoms with Crippen molar-refractivity contribution in [3.8, 4) is 23.7 Å². The molecule has 0 aromatic carbocycles. The molecule has 0 saturated heterocycles. The van der Waals surface area contributed by atoms with Crippen molar-refractivity contribution in [1.82, 2.24) is 0 Å². The predicted molar refractivity (Wildman–Crippen MR) is 53.5 cm³/mol. The van der Waals surface area contributed by atoms with Crippen molar-refractivity contribution in [2.45, 2.75) is 26.7 Å². The molecule has 0 saturated carbocycles. The van der Waals surface area contributed by atoms with Crippen LogP contribution in [0.3, 0.4) is 0 Å². The fourth-order valence-corrected chi connectivity index (χ4v) is 1.02. The summed E-state index contributed by atoms with van der Waals surface area (Å²) >= 11 is 1.79. The molecule has 0 nitrogen and oxygen atoms in total. The van der Waals surface area contributed by atoms with E-state index in [2.05, 4.69) is 37.5 Å². The van der Waals surface area contributed by atoms with Gasteiger partial charge in [-0.3, -0.25) is 0 Å². The van der Waals surface area contributed by atoms with Crippen LogP contribution < -0.4 is 0 Å². The van der Waals surface area contributed by atoms with Crippen LogP contribution in [-0.2, 0) is 0 Å². The van der Waals surface area contributed by atoms with Crippen LogP contribution >= 0.6 is 11.8 Å². The molecule has 0 unspecified atom stereocenters. The summed E-state index contributed by atoms with van der Waals surface area (Å²) in [5, 5.41) is 0. The standard InChI is InChI=1S/C10H14S/c1-3-5-7-9-11-10-8-6-4-2/h3-4,9-10H2,1-2H3. The normalized spacial score (nSPS) is 7.45. The average Bonchev–Trinajstić information content (AvgIpc) is 2.03. The van der Waals surface area contributed by atoms with Crippen LogP contribution in [0.4, 0.5) is 0 Å². The van der Waals surface area contributed by atoms with Crippen molar-refractivity contribution in [3.63, 3.8) is 0 Å². The summed E-state index contributed by atoms with van der Waals surface area (Å²) in [5.74, 6) is 14.0. The number of hydrogen-bond donors (Lipinski definition) is 0. The lowest BCUT2D eigenvalue weighted by molar-refractivity contribution is 1.28. The van der Waals surface area contributed by atoms with Gasteiger partial charge < -0.3 is 0 Å². The van der Waals surface area contributed by atoms with E-state index >= 15 is 0 Å². The molecule has 0 rings (SSSR count). The Hall–Kier alpha value is -0.530. The molecule has 60 valence electrons. The van der Waals surface area contributed by atoms with E-state index in [4.69, 9.17) is 0 Å². The van der Waals surface area contributed by atoms with E-state index in [9.17, 15) is 0 Å². The Morgan fingerprint density at radius 2 is 1.27 bits per heavy atom. The SMILES string of the molecule is CCC#CCSCC#CCC. The highest BCUT2D eigenvalue weighted by Crippen LogP contribution is 1.95. The maximum atomic E-state index is 3.06. The van der Waals surface area contributed by atoms with Crippen molar-refractivity contribution < 1.29 is 0 Å². The van der Waals surface area contributed by atoms with Crippen LogP contribution in [0.25, 0.3) is 0 Å². The van der Waals surface area contributed by atoms with Crippen molar-refractivity contribution in [3.05, 3.63) is 0 Å². The van der Waals surface area contributed by atoms with Crippen LogP contribution in [0.5, 0.6) is 0 Å². The molecule has 11 heavy (non-hydrogen) atoms. The quantitative estimate of drug-likeness (QED) is 0.449. The minimum atomic E-state index is 0.923. The molecule has 0 amide bonds. The minimum Gasteiger partial charge on any atom is -0.136 e.